The zero-order valence-electron chi connectivity index (χ0n) is 13.5. The normalized spacial score (nSPS) is 10.3. The SMILES string of the molecule is COc1ccc(CCN(C)C(=O)c2cccc(Br)c2)cc1OC. The van der Waals surface area contributed by atoms with E-state index in [2.05, 4.69) is 15.9 Å². The molecular weight excluding hydrogens is 358 g/mol. The molecule has 0 aromatic heterocycles. The van der Waals surface area contributed by atoms with Crippen LogP contribution in [0, 0.1) is 0 Å². The summed E-state index contributed by atoms with van der Waals surface area (Å²) in [5, 5.41) is 0. The molecule has 0 atom stereocenters. The zero-order valence-corrected chi connectivity index (χ0v) is 15.1. The highest BCUT2D eigenvalue weighted by molar-refractivity contribution is 9.10. The van der Waals surface area contributed by atoms with Gasteiger partial charge in [-0.15, -0.1) is 0 Å². The maximum atomic E-state index is 12.4. The smallest absolute Gasteiger partial charge is 0.253 e. The minimum Gasteiger partial charge on any atom is -0.493 e. The van der Waals surface area contributed by atoms with Crippen molar-refractivity contribution in [2.24, 2.45) is 0 Å². The van der Waals surface area contributed by atoms with Crippen LogP contribution < -0.4 is 9.47 Å². The van der Waals surface area contributed by atoms with Crippen molar-refractivity contribution in [3.8, 4) is 11.5 Å². The summed E-state index contributed by atoms with van der Waals surface area (Å²) in [4.78, 5) is 14.1. The lowest BCUT2D eigenvalue weighted by atomic mass is 10.1. The van der Waals surface area contributed by atoms with Gasteiger partial charge in [0.05, 0.1) is 14.2 Å². The molecule has 5 heteroatoms. The lowest BCUT2D eigenvalue weighted by molar-refractivity contribution is 0.0796. The molecule has 122 valence electrons. The molecule has 0 fully saturated rings. The molecule has 0 N–H and O–H groups in total. The fourth-order valence-electron chi connectivity index (χ4n) is 2.28. The molecule has 0 saturated heterocycles. The van der Waals surface area contributed by atoms with Crippen molar-refractivity contribution < 1.29 is 14.3 Å². The number of ether oxygens (including phenoxy) is 2. The average Bonchev–Trinajstić information content (AvgIpc) is 2.58. The summed E-state index contributed by atoms with van der Waals surface area (Å²) in [6, 6.07) is 13.2. The van der Waals surface area contributed by atoms with E-state index >= 15 is 0 Å². The Morgan fingerprint density at radius 2 is 1.83 bits per heavy atom. The van der Waals surface area contributed by atoms with Crippen molar-refractivity contribution in [1.82, 2.24) is 4.90 Å². The van der Waals surface area contributed by atoms with Crippen LogP contribution in [0.25, 0.3) is 0 Å². The fraction of sp³-hybridized carbons (Fsp3) is 0.278. The Labute approximate surface area is 145 Å². The Morgan fingerprint density at radius 1 is 1.09 bits per heavy atom. The van der Waals surface area contributed by atoms with Crippen LogP contribution in [0.3, 0.4) is 0 Å². The van der Waals surface area contributed by atoms with E-state index in [4.69, 9.17) is 9.47 Å². The molecule has 23 heavy (non-hydrogen) atoms. The van der Waals surface area contributed by atoms with Gasteiger partial charge < -0.3 is 14.4 Å². The predicted octanol–water partition coefficient (Wildman–Crippen LogP) is 3.78. The molecule has 0 radical (unpaired) electrons. The van der Waals surface area contributed by atoms with Crippen LogP contribution in [0.15, 0.2) is 46.9 Å². The van der Waals surface area contributed by atoms with E-state index < -0.39 is 0 Å². The number of carbonyl (C=O) groups excluding carboxylic acids is 1. The number of carbonyl (C=O) groups is 1. The van der Waals surface area contributed by atoms with Gasteiger partial charge in [0.25, 0.3) is 5.91 Å². The van der Waals surface area contributed by atoms with Gasteiger partial charge in [0, 0.05) is 23.6 Å². The number of hydrogen-bond donors (Lipinski definition) is 0. The van der Waals surface area contributed by atoms with E-state index in [1.54, 1.807) is 19.1 Å². The van der Waals surface area contributed by atoms with Crippen molar-refractivity contribution in [2.75, 3.05) is 27.8 Å². The van der Waals surface area contributed by atoms with Gasteiger partial charge in [-0.3, -0.25) is 4.79 Å². The second kappa shape index (κ2) is 8.02. The minimum absolute atomic E-state index is 0.00627. The summed E-state index contributed by atoms with van der Waals surface area (Å²) >= 11 is 3.39. The van der Waals surface area contributed by atoms with E-state index in [9.17, 15) is 4.79 Å². The Bertz CT molecular complexity index is 688. The summed E-state index contributed by atoms with van der Waals surface area (Å²) in [5.41, 5.74) is 1.77. The Hall–Kier alpha value is -2.01. The third-order valence-electron chi connectivity index (χ3n) is 3.60. The summed E-state index contributed by atoms with van der Waals surface area (Å²) in [5.74, 6) is 1.41. The van der Waals surface area contributed by atoms with Gasteiger partial charge in [-0.2, -0.15) is 0 Å². The summed E-state index contributed by atoms with van der Waals surface area (Å²) < 4.78 is 11.4. The highest BCUT2D eigenvalue weighted by atomic mass is 79.9. The van der Waals surface area contributed by atoms with E-state index in [0.29, 0.717) is 23.6 Å². The molecule has 2 aromatic rings. The number of hydrogen-bond acceptors (Lipinski definition) is 3. The number of benzene rings is 2. The van der Waals surface area contributed by atoms with Crippen molar-refractivity contribution in [3.05, 3.63) is 58.1 Å². The zero-order chi connectivity index (χ0) is 16.8. The first-order valence-corrected chi connectivity index (χ1v) is 8.06. The van der Waals surface area contributed by atoms with Gasteiger partial charge in [-0.05, 0) is 42.3 Å². The lowest BCUT2D eigenvalue weighted by Gasteiger charge is -2.18. The van der Waals surface area contributed by atoms with Crippen LogP contribution in [0.2, 0.25) is 0 Å². The second-order valence-corrected chi connectivity index (χ2v) is 6.09. The highest BCUT2D eigenvalue weighted by Crippen LogP contribution is 2.27. The first-order chi connectivity index (χ1) is 11.0. The Morgan fingerprint density at radius 3 is 2.48 bits per heavy atom. The van der Waals surface area contributed by atoms with Crippen LogP contribution >= 0.6 is 15.9 Å². The number of halogens is 1. The fourth-order valence-corrected chi connectivity index (χ4v) is 2.68. The summed E-state index contributed by atoms with van der Waals surface area (Å²) in [6.45, 7) is 0.626. The molecule has 4 nitrogen and oxygen atoms in total. The average molecular weight is 378 g/mol. The third kappa shape index (κ3) is 4.48. The molecule has 2 rings (SSSR count). The Balaban J connectivity index is 2.01. The molecule has 0 bridgehead atoms. The second-order valence-electron chi connectivity index (χ2n) is 5.18. The number of nitrogens with zero attached hydrogens (tertiary/aromatic N) is 1. The van der Waals surface area contributed by atoms with E-state index in [1.807, 2.05) is 49.5 Å². The van der Waals surface area contributed by atoms with Crippen LogP contribution in [-0.4, -0.2) is 38.6 Å². The predicted molar refractivity (Wildman–Crippen MR) is 94.4 cm³/mol. The van der Waals surface area contributed by atoms with Crippen molar-refractivity contribution in [2.45, 2.75) is 6.42 Å². The quantitative estimate of drug-likeness (QED) is 0.768. The molecule has 2 aromatic carbocycles. The largest absolute Gasteiger partial charge is 0.493 e. The van der Waals surface area contributed by atoms with Gasteiger partial charge in [-0.1, -0.05) is 28.1 Å². The Kier molecular flexibility index (Phi) is 6.04. The van der Waals surface area contributed by atoms with Gasteiger partial charge in [-0.25, -0.2) is 0 Å². The third-order valence-corrected chi connectivity index (χ3v) is 4.10. The molecule has 1 amide bonds. The van der Waals surface area contributed by atoms with Gasteiger partial charge in [0.2, 0.25) is 0 Å². The first kappa shape index (κ1) is 17.3. The van der Waals surface area contributed by atoms with Crippen LogP contribution in [-0.2, 0) is 6.42 Å². The maximum Gasteiger partial charge on any atom is 0.253 e. The lowest BCUT2D eigenvalue weighted by Crippen LogP contribution is -2.28. The van der Waals surface area contributed by atoms with E-state index in [-0.39, 0.29) is 5.91 Å². The van der Waals surface area contributed by atoms with Crippen LogP contribution in [0.4, 0.5) is 0 Å². The monoisotopic (exact) mass is 377 g/mol. The topological polar surface area (TPSA) is 38.8 Å². The molecule has 0 aliphatic heterocycles. The van der Waals surface area contributed by atoms with Crippen LogP contribution in [0.1, 0.15) is 15.9 Å². The highest BCUT2D eigenvalue weighted by Gasteiger charge is 2.12. The summed E-state index contributed by atoms with van der Waals surface area (Å²) in [7, 11) is 5.04. The van der Waals surface area contributed by atoms with Crippen molar-refractivity contribution in [1.29, 1.82) is 0 Å². The number of amides is 1. The molecular formula is C18H20BrNO3. The molecule has 0 aliphatic carbocycles. The molecule has 0 saturated carbocycles. The maximum absolute atomic E-state index is 12.4. The van der Waals surface area contributed by atoms with Crippen molar-refractivity contribution in [3.63, 3.8) is 0 Å². The minimum atomic E-state index is 0.00627. The van der Waals surface area contributed by atoms with E-state index in [1.165, 1.54) is 0 Å². The number of likely N-dealkylation sites (N-methyl/N-ethyl adjacent to an activating group) is 1. The molecule has 0 unspecified atom stereocenters. The number of rotatable bonds is 6. The first-order valence-electron chi connectivity index (χ1n) is 7.27. The number of methoxy groups -OCH3 is 2. The van der Waals surface area contributed by atoms with Crippen molar-refractivity contribution >= 4 is 21.8 Å². The van der Waals surface area contributed by atoms with E-state index in [0.717, 1.165) is 16.5 Å². The van der Waals surface area contributed by atoms with Crippen LogP contribution in [0.5, 0.6) is 11.5 Å². The molecule has 0 aliphatic rings. The van der Waals surface area contributed by atoms with Gasteiger partial charge in [0.1, 0.15) is 0 Å². The summed E-state index contributed by atoms with van der Waals surface area (Å²) in [6.07, 6.45) is 0.747. The van der Waals surface area contributed by atoms with Gasteiger partial charge >= 0.3 is 0 Å². The molecule has 0 spiro atoms. The van der Waals surface area contributed by atoms with Gasteiger partial charge in [0.15, 0.2) is 11.5 Å². The standard InChI is InChI=1S/C18H20BrNO3/c1-20(18(21)14-5-4-6-15(19)12-14)10-9-13-7-8-16(22-2)17(11-13)23-3/h4-8,11-12H,9-10H2,1-3H3. The molecule has 0 heterocycles.